The molecule has 4 unspecified atom stereocenters. The number of nitrogens with zero attached hydrogens (tertiary/aromatic N) is 1. The average Bonchev–Trinajstić information content (AvgIpc) is 2.53. The van der Waals surface area contributed by atoms with Crippen molar-refractivity contribution in [3.05, 3.63) is 0 Å². The van der Waals surface area contributed by atoms with E-state index in [1.54, 1.807) is 0 Å². The van der Waals surface area contributed by atoms with E-state index in [1.807, 2.05) is 0 Å². The van der Waals surface area contributed by atoms with Crippen LogP contribution in [0, 0.1) is 17.8 Å². The van der Waals surface area contributed by atoms with Crippen LogP contribution in [0.1, 0.15) is 53.9 Å². The summed E-state index contributed by atoms with van der Waals surface area (Å²) in [4.78, 5) is 2.83. The first-order valence-corrected chi connectivity index (χ1v) is 9.11. The van der Waals surface area contributed by atoms with Crippen LogP contribution in [0.2, 0.25) is 0 Å². The zero-order chi connectivity index (χ0) is 15.4. The number of hydrogen-bond donors (Lipinski definition) is 1. The SMILES string of the molecule is CCC(C)C1CN(C(C)C2CCOCC2)C(C(C)C)CN1. The predicted molar refractivity (Wildman–Crippen MR) is 89.6 cm³/mol. The Hall–Kier alpha value is -0.120. The molecular formula is C18H36N2O. The minimum atomic E-state index is 0.660. The highest BCUT2D eigenvalue weighted by Gasteiger charge is 2.37. The van der Waals surface area contributed by atoms with Gasteiger partial charge in [0.25, 0.3) is 0 Å². The van der Waals surface area contributed by atoms with Gasteiger partial charge < -0.3 is 10.1 Å². The molecule has 2 aliphatic heterocycles. The minimum Gasteiger partial charge on any atom is -0.381 e. The maximum Gasteiger partial charge on any atom is 0.0469 e. The summed E-state index contributed by atoms with van der Waals surface area (Å²) in [5, 5.41) is 3.82. The van der Waals surface area contributed by atoms with Gasteiger partial charge in [0.2, 0.25) is 0 Å². The molecule has 21 heavy (non-hydrogen) atoms. The Morgan fingerprint density at radius 2 is 1.81 bits per heavy atom. The summed E-state index contributed by atoms with van der Waals surface area (Å²) in [6.07, 6.45) is 3.75. The molecule has 0 amide bonds. The van der Waals surface area contributed by atoms with Crippen LogP contribution >= 0.6 is 0 Å². The Kier molecular flexibility index (Phi) is 6.51. The van der Waals surface area contributed by atoms with Gasteiger partial charge in [-0.3, -0.25) is 4.90 Å². The zero-order valence-electron chi connectivity index (χ0n) is 14.8. The van der Waals surface area contributed by atoms with Gasteiger partial charge in [-0.25, -0.2) is 0 Å². The van der Waals surface area contributed by atoms with Crippen molar-refractivity contribution in [3.63, 3.8) is 0 Å². The molecule has 124 valence electrons. The quantitative estimate of drug-likeness (QED) is 0.843. The minimum absolute atomic E-state index is 0.660. The van der Waals surface area contributed by atoms with Crippen molar-refractivity contribution in [2.45, 2.75) is 72.0 Å². The van der Waals surface area contributed by atoms with Crippen molar-refractivity contribution in [2.75, 3.05) is 26.3 Å². The van der Waals surface area contributed by atoms with E-state index in [0.29, 0.717) is 18.1 Å². The van der Waals surface area contributed by atoms with Crippen LogP contribution in [-0.4, -0.2) is 49.3 Å². The van der Waals surface area contributed by atoms with Gasteiger partial charge >= 0.3 is 0 Å². The highest BCUT2D eigenvalue weighted by atomic mass is 16.5. The Morgan fingerprint density at radius 3 is 2.38 bits per heavy atom. The predicted octanol–water partition coefficient (Wildman–Crippen LogP) is 3.15. The van der Waals surface area contributed by atoms with Crippen LogP contribution in [0.15, 0.2) is 0 Å². The fraction of sp³-hybridized carbons (Fsp3) is 1.00. The van der Waals surface area contributed by atoms with E-state index in [9.17, 15) is 0 Å². The largest absolute Gasteiger partial charge is 0.381 e. The molecule has 2 aliphatic rings. The van der Waals surface area contributed by atoms with E-state index in [0.717, 1.165) is 37.5 Å². The molecule has 0 aliphatic carbocycles. The second-order valence-electron chi connectivity index (χ2n) is 7.60. The van der Waals surface area contributed by atoms with E-state index in [4.69, 9.17) is 4.74 Å². The molecule has 0 saturated carbocycles. The lowest BCUT2D eigenvalue weighted by Crippen LogP contribution is -2.63. The first-order chi connectivity index (χ1) is 10.0. The highest BCUT2D eigenvalue weighted by molar-refractivity contribution is 4.93. The van der Waals surface area contributed by atoms with E-state index in [2.05, 4.69) is 44.8 Å². The topological polar surface area (TPSA) is 24.5 Å². The molecule has 3 heteroatoms. The zero-order valence-corrected chi connectivity index (χ0v) is 14.8. The third kappa shape index (κ3) is 4.20. The van der Waals surface area contributed by atoms with Gasteiger partial charge in [0, 0.05) is 44.4 Å². The Balaban J connectivity index is 2.05. The second kappa shape index (κ2) is 7.94. The van der Waals surface area contributed by atoms with Crippen LogP contribution in [0.3, 0.4) is 0 Å². The van der Waals surface area contributed by atoms with Gasteiger partial charge in [-0.05, 0) is 37.5 Å². The normalized spacial score (nSPS) is 32.3. The van der Waals surface area contributed by atoms with Gasteiger partial charge in [-0.1, -0.05) is 34.1 Å². The monoisotopic (exact) mass is 296 g/mol. The van der Waals surface area contributed by atoms with Gasteiger partial charge in [0.05, 0.1) is 0 Å². The molecule has 1 N–H and O–H groups in total. The number of rotatable bonds is 5. The van der Waals surface area contributed by atoms with Crippen molar-refractivity contribution in [1.82, 2.24) is 10.2 Å². The summed E-state index contributed by atoms with van der Waals surface area (Å²) in [6, 6.07) is 2.03. The highest BCUT2D eigenvalue weighted by Crippen LogP contribution is 2.29. The van der Waals surface area contributed by atoms with Crippen LogP contribution in [0.25, 0.3) is 0 Å². The molecule has 2 fully saturated rings. The van der Waals surface area contributed by atoms with Gasteiger partial charge in [0.1, 0.15) is 0 Å². The Bertz CT molecular complexity index is 302. The summed E-state index contributed by atoms with van der Waals surface area (Å²) in [6.45, 7) is 16.2. The molecule has 3 nitrogen and oxygen atoms in total. The maximum atomic E-state index is 5.56. The van der Waals surface area contributed by atoms with Crippen molar-refractivity contribution in [1.29, 1.82) is 0 Å². The van der Waals surface area contributed by atoms with E-state index >= 15 is 0 Å². The first-order valence-electron chi connectivity index (χ1n) is 9.11. The lowest BCUT2D eigenvalue weighted by atomic mass is 9.86. The molecule has 0 bridgehead atoms. The molecule has 0 aromatic rings. The van der Waals surface area contributed by atoms with Gasteiger partial charge in [-0.15, -0.1) is 0 Å². The number of nitrogens with one attached hydrogen (secondary N) is 1. The molecule has 0 aromatic heterocycles. The van der Waals surface area contributed by atoms with Crippen molar-refractivity contribution in [2.24, 2.45) is 17.8 Å². The summed E-state index contributed by atoms with van der Waals surface area (Å²) in [5.74, 6) is 2.30. The van der Waals surface area contributed by atoms with Crippen molar-refractivity contribution < 1.29 is 4.74 Å². The van der Waals surface area contributed by atoms with E-state index < -0.39 is 0 Å². The number of hydrogen-bond acceptors (Lipinski definition) is 3. The first kappa shape index (κ1) is 17.2. The lowest BCUT2D eigenvalue weighted by Gasteiger charge is -2.49. The van der Waals surface area contributed by atoms with Crippen molar-refractivity contribution >= 4 is 0 Å². The summed E-state index contributed by atoms with van der Waals surface area (Å²) >= 11 is 0. The second-order valence-corrected chi connectivity index (χ2v) is 7.60. The molecule has 2 rings (SSSR count). The number of ether oxygens (including phenoxy) is 1. The lowest BCUT2D eigenvalue weighted by molar-refractivity contribution is -0.0111. The smallest absolute Gasteiger partial charge is 0.0469 e. The van der Waals surface area contributed by atoms with Crippen LogP contribution in [0.5, 0.6) is 0 Å². The third-order valence-corrected chi connectivity index (χ3v) is 5.99. The molecular weight excluding hydrogens is 260 g/mol. The Morgan fingerprint density at radius 1 is 1.14 bits per heavy atom. The molecule has 0 spiro atoms. The van der Waals surface area contributed by atoms with Crippen LogP contribution in [0.4, 0.5) is 0 Å². The average molecular weight is 296 g/mol. The third-order valence-electron chi connectivity index (χ3n) is 5.99. The molecule has 2 saturated heterocycles. The van der Waals surface area contributed by atoms with Crippen LogP contribution < -0.4 is 5.32 Å². The van der Waals surface area contributed by atoms with E-state index in [-0.39, 0.29) is 0 Å². The van der Waals surface area contributed by atoms with Crippen LogP contribution in [-0.2, 0) is 4.74 Å². The maximum absolute atomic E-state index is 5.56. The van der Waals surface area contributed by atoms with Gasteiger partial charge in [-0.2, -0.15) is 0 Å². The molecule has 2 heterocycles. The van der Waals surface area contributed by atoms with Gasteiger partial charge in [0.15, 0.2) is 0 Å². The molecule has 0 aromatic carbocycles. The summed E-state index contributed by atoms with van der Waals surface area (Å²) in [7, 11) is 0. The molecule has 0 radical (unpaired) electrons. The van der Waals surface area contributed by atoms with E-state index in [1.165, 1.54) is 25.8 Å². The fourth-order valence-corrected chi connectivity index (χ4v) is 4.04. The Labute approximate surface area is 131 Å². The summed E-state index contributed by atoms with van der Waals surface area (Å²) < 4.78 is 5.56. The molecule has 4 atom stereocenters. The number of piperazine rings is 1. The fourth-order valence-electron chi connectivity index (χ4n) is 4.04. The van der Waals surface area contributed by atoms with Crippen molar-refractivity contribution in [3.8, 4) is 0 Å². The summed E-state index contributed by atoms with van der Waals surface area (Å²) in [5.41, 5.74) is 0. The standard InChI is InChI=1S/C18H36N2O/c1-6-14(4)17-12-20(18(11-19-17)13(2)3)15(5)16-7-9-21-10-8-16/h13-19H,6-12H2,1-5H3.